The van der Waals surface area contributed by atoms with Gasteiger partial charge in [0.15, 0.2) is 4.80 Å². The number of methoxy groups -OCH3 is 1. The van der Waals surface area contributed by atoms with E-state index in [2.05, 4.69) is 4.99 Å². The minimum Gasteiger partial charge on any atom is -0.489 e. The molecule has 0 saturated carbocycles. The molecule has 0 bridgehead atoms. The molecule has 0 N–H and O–H groups in total. The van der Waals surface area contributed by atoms with Crippen molar-refractivity contribution in [3.8, 4) is 5.75 Å². The van der Waals surface area contributed by atoms with Crippen LogP contribution in [0.5, 0.6) is 5.75 Å². The Morgan fingerprint density at radius 1 is 1.08 bits per heavy atom. The molecule has 0 radical (unpaired) electrons. The summed E-state index contributed by atoms with van der Waals surface area (Å²) < 4.78 is 13.0. The molecule has 1 aromatic heterocycles. The number of thiazole rings is 1. The van der Waals surface area contributed by atoms with Gasteiger partial charge < -0.3 is 9.47 Å². The normalized spacial score (nSPS) is 15.2. The summed E-state index contributed by atoms with van der Waals surface area (Å²) >= 11 is 7.37. The summed E-state index contributed by atoms with van der Waals surface area (Å²) in [5, 5.41) is 0.561. The number of hydrogen-bond donors (Lipinski definition) is 0. The van der Waals surface area contributed by atoms with Crippen LogP contribution in [0.2, 0.25) is 5.02 Å². The summed E-state index contributed by atoms with van der Waals surface area (Å²) in [7, 11) is 1.32. The minimum absolute atomic E-state index is 0.242. The van der Waals surface area contributed by atoms with E-state index in [1.165, 1.54) is 18.4 Å². The molecule has 4 aromatic rings. The highest BCUT2D eigenvalue weighted by atomic mass is 35.5. The fourth-order valence-electron chi connectivity index (χ4n) is 4.24. The first kappa shape index (κ1) is 24.7. The van der Waals surface area contributed by atoms with Gasteiger partial charge in [0.05, 0.1) is 29.0 Å². The number of ether oxygens (including phenoxy) is 2. The first-order chi connectivity index (χ1) is 17.9. The van der Waals surface area contributed by atoms with Crippen LogP contribution in [0.1, 0.15) is 29.7 Å². The standard InChI is InChI=1S/C29H23ClN2O4S/c1-18-25(28(34)35-2)26(21-11-13-22(30)14-12-21)32-27(33)24(37-29(32)31-18)16-20-9-6-10-23(15-20)36-17-19-7-4-3-5-8-19/h3-16,26H,17H2,1-2H3/b24-16-/t26-/m0/s1. The zero-order valence-electron chi connectivity index (χ0n) is 20.2. The van der Waals surface area contributed by atoms with Crippen molar-refractivity contribution >= 4 is 35.0 Å². The molecule has 0 spiro atoms. The Hall–Kier alpha value is -3.94. The van der Waals surface area contributed by atoms with E-state index in [0.717, 1.165) is 16.7 Å². The Morgan fingerprint density at radius 3 is 2.57 bits per heavy atom. The molecule has 1 aliphatic rings. The van der Waals surface area contributed by atoms with Gasteiger partial charge >= 0.3 is 5.97 Å². The van der Waals surface area contributed by atoms with Gasteiger partial charge in [-0.25, -0.2) is 9.79 Å². The lowest BCUT2D eigenvalue weighted by Crippen LogP contribution is -2.39. The molecular formula is C29H23ClN2O4S. The first-order valence-corrected chi connectivity index (χ1v) is 12.8. The second-order valence-electron chi connectivity index (χ2n) is 8.47. The lowest BCUT2D eigenvalue weighted by molar-refractivity contribution is -0.136. The van der Waals surface area contributed by atoms with Crippen molar-refractivity contribution in [3.05, 3.63) is 132 Å². The Morgan fingerprint density at radius 2 is 1.84 bits per heavy atom. The first-order valence-electron chi connectivity index (χ1n) is 11.6. The number of rotatable bonds is 6. The van der Waals surface area contributed by atoms with Crippen molar-refractivity contribution < 1.29 is 14.3 Å². The number of carbonyl (C=O) groups is 1. The number of halogens is 1. The predicted octanol–water partition coefficient (Wildman–Crippen LogP) is 4.64. The van der Waals surface area contributed by atoms with Crippen LogP contribution in [0.3, 0.4) is 0 Å². The van der Waals surface area contributed by atoms with E-state index in [-0.39, 0.29) is 5.56 Å². The monoisotopic (exact) mass is 530 g/mol. The Kier molecular flexibility index (Phi) is 7.08. The van der Waals surface area contributed by atoms with Gasteiger partial charge in [-0.1, -0.05) is 77.5 Å². The van der Waals surface area contributed by atoms with Crippen molar-refractivity contribution in [1.82, 2.24) is 4.57 Å². The van der Waals surface area contributed by atoms with E-state index in [9.17, 15) is 9.59 Å². The van der Waals surface area contributed by atoms with Gasteiger partial charge in [-0.2, -0.15) is 0 Å². The highest BCUT2D eigenvalue weighted by Gasteiger charge is 2.33. The topological polar surface area (TPSA) is 69.9 Å². The quantitative estimate of drug-likeness (QED) is 0.341. The Labute approximate surface area is 222 Å². The molecule has 0 aliphatic carbocycles. The second kappa shape index (κ2) is 10.6. The van der Waals surface area contributed by atoms with Crippen LogP contribution < -0.4 is 19.6 Å². The summed E-state index contributed by atoms with van der Waals surface area (Å²) in [6, 6.07) is 23.9. The number of fused-ring (bicyclic) bond motifs is 1. The molecule has 0 saturated heterocycles. The molecular weight excluding hydrogens is 508 g/mol. The molecule has 186 valence electrons. The highest BCUT2D eigenvalue weighted by molar-refractivity contribution is 7.07. The average Bonchev–Trinajstić information content (AvgIpc) is 3.21. The summed E-state index contributed by atoms with van der Waals surface area (Å²) in [5.74, 6) is 0.173. The molecule has 0 amide bonds. The van der Waals surface area contributed by atoms with Crippen LogP contribution in [0.15, 0.2) is 99.9 Å². The summed E-state index contributed by atoms with van der Waals surface area (Å²) in [5.41, 5.74) is 3.22. The zero-order valence-corrected chi connectivity index (χ0v) is 21.8. The third kappa shape index (κ3) is 5.14. The van der Waals surface area contributed by atoms with Crippen molar-refractivity contribution in [2.45, 2.75) is 19.6 Å². The molecule has 0 fully saturated rings. The lowest BCUT2D eigenvalue weighted by Gasteiger charge is -2.24. The van der Waals surface area contributed by atoms with Crippen molar-refractivity contribution in [1.29, 1.82) is 0 Å². The van der Waals surface area contributed by atoms with E-state index in [1.807, 2.05) is 60.7 Å². The van der Waals surface area contributed by atoms with Crippen molar-refractivity contribution in [2.75, 3.05) is 7.11 Å². The number of esters is 1. The lowest BCUT2D eigenvalue weighted by atomic mass is 9.96. The van der Waals surface area contributed by atoms with E-state index in [4.69, 9.17) is 21.1 Å². The molecule has 2 heterocycles. The molecule has 6 nitrogen and oxygen atoms in total. The molecule has 1 atom stereocenters. The maximum atomic E-state index is 13.7. The number of nitrogens with zero attached hydrogens (tertiary/aromatic N) is 2. The third-order valence-electron chi connectivity index (χ3n) is 6.02. The second-order valence-corrected chi connectivity index (χ2v) is 9.92. The zero-order chi connectivity index (χ0) is 25.9. The molecule has 0 unspecified atom stereocenters. The molecule has 37 heavy (non-hydrogen) atoms. The van der Waals surface area contributed by atoms with Gasteiger partial charge in [0, 0.05) is 5.02 Å². The van der Waals surface area contributed by atoms with E-state index >= 15 is 0 Å². The Bertz CT molecular complexity index is 1670. The van der Waals surface area contributed by atoms with Gasteiger partial charge in [0.25, 0.3) is 5.56 Å². The largest absolute Gasteiger partial charge is 0.489 e. The van der Waals surface area contributed by atoms with Crippen LogP contribution in [0.25, 0.3) is 6.08 Å². The van der Waals surface area contributed by atoms with Gasteiger partial charge in [-0.05, 0) is 54.0 Å². The third-order valence-corrected chi connectivity index (χ3v) is 7.25. The Balaban J connectivity index is 1.56. The average molecular weight is 531 g/mol. The summed E-state index contributed by atoms with van der Waals surface area (Å²) in [6.07, 6.45) is 1.81. The molecule has 3 aromatic carbocycles. The summed E-state index contributed by atoms with van der Waals surface area (Å²) in [6.45, 7) is 2.20. The van der Waals surface area contributed by atoms with Gasteiger partial charge in [-0.15, -0.1) is 0 Å². The number of carbonyl (C=O) groups excluding carboxylic acids is 1. The van der Waals surface area contributed by atoms with Crippen LogP contribution in [0, 0.1) is 0 Å². The van der Waals surface area contributed by atoms with Crippen LogP contribution in [-0.4, -0.2) is 17.6 Å². The number of allylic oxidation sites excluding steroid dienone is 1. The summed E-state index contributed by atoms with van der Waals surface area (Å²) in [4.78, 5) is 31.5. The maximum absolute atomic E-state index is 13.7. The van der Waals surface area contributed by atoms with E-state index in [1.54, 1.807) is 35.8 Å². The van der Waals surface area contributed by atoms with E-state index < -0.39 is 12.0 Å². The highest BCUT2D eigenvalue weighted by Crippen LogP contribution is 2.31. The number of benzene rings is 3. The fraction of sp³-hybridized carbons (Fsp3) is 0.138. The van der Waals surface area contributed by atoms with Gasteiger partial charge in [0.2, 0.25) is 0 Å². The smallest absolute Gasteiger partial charge is 0.338 e. The maximum Gasteiger partial charge on any atom is 0.338 e. The minimum atomic E-state index is -0.677. The van der Waals surface area contributed by atoms with Crippen LogP contribution in [-0.2, 0) is 16.1 Å². The van der Waals surface area contributed by atoms with Gasteiger partial charge in [-0.3, -0.25) is 9.36 Å². The SMILES string of the molecule is COC(=O)C1=C(C)N=c2s/c(=C\c3cccc(OCc4ccccc4)c3)c(=O)n2[C@H]1c1ccc(Cl)cc1. The molecule has 5 rings (SSSR count). The van der Waals surface area contributed by atoms with Crippen LogP contribution >= 0.6 is 22.9 Å². The molecule has 8 heteroatoms. The van der Waals surface area contributed by atoms with Crippen molar-refractivity contribution in [3.63, 3.8) is 0 Å². The van der Waals surface area contributed by atoms with Crippen molar-refractivity contribution in [2.24, 2.45) is 4.99 Å². The fourth-order valence-corrected chi connectivity index (χ4v) is 5.41. The van der Waals surface area contributed by atoms with E-state index in [0.29, 0.717) is 38.0 Å². The number of aromatic nitrogens is 1. The number of hydrogen-bond acceptors (Lipinski definition) is 6. The van der Waals surface area contributed by atoms with Crippen LogP contribution in [0.4, 0.5) is 0 Å². The molecule has 1 aliphatic heterocycles. The predicted molar refractivity (Wildman–Crippen MR) is 144 cm³/mol. The van der Waals surface area contributed by atoms with Gasteiger partial charge in [0.1, 0.15) is 12.4 Å².